The highest BCUT2D eigenvalue weighted by molar-refractivity contribution is 8.00. The Balaban J connectivity index is 1.37. The summed E-state index contributed by atoms with van der Waals surface area (Å²) in [5, 5.41) is 19.5. The molecule has 1 saturated carbocycles. The van der Waals surface area contributed by atoms with Gasteiger partial charge in [0.2, 0.25) is 0 Å². The third-order valence-electron chi connectivity index (χ3n) is 8.44. The first-order valence-corrected chi connectivity index (χ1v) is 15.8. The Morgan fingerprint density at radius 2 is 1.85 bits per heavy atom. The lowest BCUT2D eigenvalue weighted by Gasteiger charge is -2.28. The summed E-state index contributed by atoms with van der Waals surface area (Å²) in [6.45, 7) is 3.49. The van der Waals surface area contributed by atoms with Crippen LogP contribution in [-0.2, 0) is 19.4 Å². The molecule has 0 spiro atoms. The maximum Gasteiger partial charge on any atom is 0.251 e. The second kappa shape index (κ2) is 13.2. The average molecular weight is 549 g/mol. The molecule has 0 unspecified atom stereocenters. The molecule has 2 aromatic carbocycles. The number of carbonyl (C=O) groups excluding carboxylic acids is 1. The lowest BCUT2D eigenvalue weighted by molar-refractivity contribution is 0.0822. The Morgan fingerprint density at radius 1 is 1.10 bits per heavy atom. The number of aromatic nitrogens is 1. The maximum absolute atomic E-state index is 13.8. The Bertz CT molecular complexity index is 1240. The molecule has 3 aromatic rings. The number of hydrogen-bond donors (Lipinski definition) is 3. The molecule has 7 heteroatoms. The molecule has 1 aromatic heterocycles. The van der Waals surface area contributed by atoms with Crippen molar-refractivity contribution in [1.29, 1.82) is 0 Å². The monoisotopic (exact) mass is 548 g/mol. The number of hydrogen-bond acceptors (Lipinski definition) is 5. The number of carbonyl (C=O) groups is 1. The van der Waals surface area contributed by atoms with Crippen LogP contribution in [-0.4, -0.2) is 53.1 Å². The molecular weight excluding hydrogens is 504 g/mol. The third kappa shape index (κ3) is 6.82. The van der Waals surface area contributed by atoms with Gasteiger partial charge < -0.3 is 24.6 Å². The molecule has 2 aliphatic rings. The highest BCUT2D eigenvalue weighted by Gasteiger charge is 2.26. The first-order valence-electron chi connectivity index (χ1n) is 14.8. The third-order valence-corrected chi connectivity index (χ3v) is 9.41. The summed E-state index contributed by atoms with van der Waals surface area (Å²) in [4.78, 5) is 13.8. The largest absolute Gasteiger partial charge is 0.390 e. The van der Waals surface area contributed by atoms with Gasteiger partial charge in [0.25, 0.3) is 5.91 Å². The van der Waals surface area contributed by atoms with Gasteiger partial charge in [-0.1, -0.05) is 62.4 Å². The number of amides is 1. The number of benzene rings is 2. The van der Waals surface area contributed by atoms with E-state index in [0.29, 0.717) is 24.6 Å². The first kappa shape index (κ1) is 28.1. The molecule has 39 heavy (non-hydrogen) atoms. The lowest BCUT2D eigenvalue weighted by Crippen LogP contribution is -2.50. The maximum atomic E-state index is 13.8. The molecule has 2 atom stereocenters. The van der Waals surface area contributed by atoms with Crippen molar-refractivity contribution in [3.05, 3.63) is 65.4 Å². The number of aliphatic hydroxyl groups excluding tert-OH is 1. The Morgan fingerprint density at radius 3 is 2.59 bits per heavy atom. The van der Waals surface area contributed by atoms with Crippen molar-refractivity contribution in [3.8, 4) is 0 Å². The number of aliphatic hydroxyl groups is 1. The van der Waals surface area contributed by atoms with E-state index in [-0.39, 0.29) is 5.91 Å². The van der Waals surface area contributed by atoms with E-state index in [1.165, 1.54) is 43.1 Å². The van der Waals surface area contributed by atoms with Crippen molar-refractivity contribution in [1.82, 2.24) is 15.2 Å². The van der Waals surface area contributed by atoms with Crippen molar-refractivity contribution in [3.63, 3.8) is 0 Å². The molecule has 6 nitrogen and oxygen atoms in total. The van der Waals surface area contributed by atoms with Crippen LogP contribution >= 0.6 is 11.9 Å². The van der Waals surface area contributed by atoms with Crippen LogP contribution in [0.3, 0.4) is 0 Å². The van der Waals surface area contributed by atoms with Crippen LogP contribution in [0.2, 0.25) is 0 Å². The Kier molecular flexibility index (Phi) is 9.53. The van der Waals surface area contributed by atoms with Gasteiger partial charge >= 0.3 is 0 Å². The zero-order chi connectivity index (χ0) is 27.2. The van der Waals surface area contributed by atoms with Gasteiger partial charge in [-0.15, -0.1) is 0 Å². The molecule has 5 rings (SSSR count). The standard InChI is InChI=1S/C32H44N4O2S/c1-3-36-22-24-16-17-39-35(2)28-19-25(20-29(36)31(24)28)32(38)34-27(18-23-12-8-7-9-13-23)30(37)21-33-26-14-10-5-4-6-11-15-26/h7-9,12-13,19-20,22,26-27,30,33,37H,3-6,10-11,14-18,21H2,1-2H3,(H,34,38)/t27-,30+/m0/s1. The number of aryl methyl sites for hydroxylation is 2. The number of anilines is 1. The van der Waals surface area contributed by atoms with E-state index in [1.54, 1.807) is 11.9 Å². The van der Waals surface area contributed by atoms with E-state index in [4.69, 9.17) is 0 Å². The van der Waals surface area contributed by atoms with E-state index in [0.717, 1.165) is 48.3 Å². The quantitative estimate of drug-likeness (QED) is 0.299. The second-order valence-electron chi connectivity index (χ2n) is 11.2. The van der Waals surface area contributed by atoms with Gasteiger partial charge in [0.15, 0.2) is 0 Å². The summed E-state index contributed by atoms with van der Waals surface area (Å²) in [5.74, 6) is 0.890. The van der Waals surface area contributed by atoms with Gasteiger partial charge in [0.1, 0.15) is 0 Å². The smallest absolute Gasteiger partial charge is 0.251 e. The van der Waals surface area contributed by atoms with Crippen molar-refractivity contribution < 1.29 is 9.90 Å². The second-order valence-corrected chi connectivity index (χ2v) is 12.4. The van der Waals surface area contributed by atoms with Crippen molar-refractivity contribution in [2.24, 2.45) is 0 Å². The normalized spacial score (nSPS) is 18.3. The van der Waals surface area contributed by atoms with Crippen LogP contribution in [0.25, 0.3) is 10.9 Å². The summed E-state index contributed by atoms with van der Waals surface area (Å²) in [7, 11) is 2.09. The summed E-state index contributed by atoms with van der Waals surface area (Å²) in [5.41, 5.74) is 5.30. The van der Waals surface area contributed by atoms with Crippen molar-refractivity contribution in [2.45, 2.75) is 89.4 Å². The van der Waals surface area contributed by atoms with Gasteiger partial charge in [-0.25, -0.2) is 0 Å². The zero-order valence-corrected chi connectivity index (χ0v) is 24.3. The van der Waals surface area contributed by atoms with Crippen LogP contribution in [0.15, 0.2) is 48.7 Å². The predicted molar refractivity (Wildman–Crippen MR) is 164 cm³/mol. The van der Waals surface area contributed by atoms with Crippen LogP contribution < -0.4 is 14.9 Å². The minimum atomic E-state index is -0.686. The minimum absolute atomic E-state index is 0.132. The van der Waals surface area contributed by atoms with E-state index in [9.17, 15) is 9.90 Å². The Hall–Kier alpha value is -2.48. The van der Waals surface area contributed by atoms with E-state index < -0.39 is 12.1 Å². The molecule has 1 fully saturated rings. The minimum Gasteiger partial charge on any atom is -0.390 e. The molecule has 0 bridgehead atoms. The molecule has 0 radical (unpaired) electrons. The van der Waals surface area contributed by atoms with E-state index in [2.05, 4.69) is 51.8 Å². The average Bonchev–Trinajstić information content (AvgIpc) is 3.21. The fourth-order valence-electron chi connectivity index (χ4n) is 6.18. The van der Waals surface area contributed by atoms with Gasteiger partial charge in [-0.3, -0.25) is 4.79 Å². The number of rotatable bonds is 9. The molecule has 210 valence electrons. The van der Waals surface area contributed by atoms with Gasteiger partial charge in [-0.05, 0) is 67.8 Å². The predicted octanol–water partition coefficient (Wildman–Crippen LogP) is 5.71. The van der Waals surface area contributed by atoms with Gasteiger partial charge in [-0.2, -0.15) is 0 Å². The number of nitrogens with zero attached hydrogens (tertiary/aromatic N) is 2. The summed E-state index contributed by atoms with van der Waals surface area (Å²) >= 11 is 1.79. The van der Waals surface area contributed by atoms with Crippen LogP contribution in [0.4, 0.5) is 5.69 Å². The van der Waals surface area contributed by atoms with Crippen LogP contribution in [0, 0.1) is 0 Å². The van der Waals surface area contributed by atoms with E-state index >= 15 is 0 Å². The topological polar surface area (TPSA) is 69.5 Å². The fourth-order valence-corrected chi connectivity index (χ4v) is 7.04. The van der Waals surface area contributed by atoms with E-state index in [1.807, 2.05) is 30.3 Å². The van der Waals surface area contributed by atoms with Gasteiger partial charge in [0.05, 0.1) is 23.3 Å². The van der Waals surface area contributed by atoms with Crippen LogP contribution in [0.5, 0.6) is 0 Å². The molecule has 3 N–H and O–H groups in total. The molecule has 2 heterocycles. The molecular formula is C32H44N4O2S. The SMILES string of the molecule is CCn1cc2c3c(cc(C(=O)N[C@@H](Cc4ccccc4)[C@H](O)CNC4CCCCCCC4)cc31)N(C)SCC2. The summed E-state index contributed by atoms with van der Waals surface area (Å²) in [6.07, 6.45) is 11.9. The highest BCUT2D eigenvalue weighted by Crippen LogP contribution is 2.38. The number of nitrogens with one attached hydrogen (secondary N) is 2. The van der Waals surface area contributed by atoms with Crippen molar-refractivity contribution >= 4 is 34.4 Å². The highest BCUT2D eigenvalue weighted by atomic mass is 32.2. The molecule has 1 amide bonds. The summed E-state index contributed by atoms with van der Waals surface area (Å²) in [6, 6.07) is 14.3. The van der Waals surface area contributed by atoms with Gasteiger partial charge in [0, 0.05) is 49.1 Å². The zero-order valence-electron chi connectivity index (χ0n) is 23.5. The van der Waals surface area contributed by atoms with Crippen molar-refractivity contribution in [2.75, 3.05) is 23.7 Å². The lowest BCUT2D eigenvalue weighted by atomic mass is 9.96. The summed E-state index contributed by atoms with van der Waals surface area (Å²) < 4.78 is 4.45. The molecule has 1 aliphatic heterocycles. The molecule has 0 saturated heterocycles. The molecule has 1 aliphatic carbocycles. The fraction of sp³-hybridized carbons (Fsp3) is 0.531. The Labute approximate surface area is 237 Å². The van der Waals surface area contributed by atoms with Crippen LogP contribution in [0.1, 0.15) is 73.4 Å². The first-order chi connectivity index (χ1) is 19.0.